The normalized spacial score (nSPS) is 10.1. The Hall–Kier alpha value is -2.04. The molecule has 0 spiro atoms. The standard InChI is InChI=1S/C14H8Cl2O4/c15-9-2-4-10(5-3-9)20-12-6-1-8(7-11(12)16)13(17)14(18)19/h1-7H,(H,18,19). The number of aliphatic carboxylic acids is 1. The van der Waals surface area contributed by atoms with Gasteiger partial charge in [-0.25, -0.2) is 4.79 Å². The number of carboxylic acids is 1. The van der Waals surface area contributed by atoms with Crippen molar-refractivity contribution in [1.29, 1.82) is 0 Å². The molecule has 0 aliphatic heterocycles. The molecular weight excluding hydrogens is 303 g/mol. The summed E-state index contributed by atoms with van der Waals surface area (Å²) in [4.78, 5) is 21.9. The lowest BCUT2D eigenvalue weighted by atomic mass is 10.1. The van der Waals surface area contributed by atoms with E-state index >= 15 is 0 Å². The summed E-state index contributed by atoms with van der Waals surface area (Å²) in [6, 6.07) is 10.7. The Kier molecular flexibility index (Phi) is 4.27. The van der Waals surface area contributed by atoms with E-state index in [-0.39, 0.29) is 10.6 Å². The molecule has 1 N–H and O–H groups in total. The van der Waals surface area contributed by atoms with Gasteiger partial charge in [-0.1, -0.05) is 23.2 Å². The van der Waals surface area contributed by atoms with Crippen molar-refractivity contribution < 1.29 is 19.4 Å². The highest BCUT2D eigenvalue weighted by Gasteiger charge is 2.16. The van der Waals surface area contributed by atoms with Crippen LogP contribution in [0.4, 0.5) is 0 Å². The third-order valence-corrected chi connectivity index (χ3v) is 2.98. The van der Waals surface area contributed by atoms with Crippen molar-refractivity contribution in [3.05, 3.63) is 58.1 Å². The minimum Gasteiger partial charge on any atom is -0.475 e. The molecule has 0 unspecified atom stereocenters. The molecule has 102 valence electrons. The van der Waals surface area contributed by atoms with Crippen LogP contribution in [-0.4, -0.2) is 16.9 Å². The fraction of sp³-hybridized carbons (Fsp3) is 0. The highest BCUT2D eigenvalue weighted by atomic mass is 35.5. The van der Waals surface area contributed by atoms with E-state index in [2.05, 4.69) is 0 Å². The maximum absolute atomic E-state index is 11.3. The van der Waals surface area contributed by atoms with Gasteiger partial charge in [0.1, 0.15) is 11.5 Å². The van der Waals surface area contributed by atoms with Gasteiger partial charge in [-0.2, -0.15) is 0 Å². The average Bonchev–Trinajstić information content (AvgIpc) is 2.42. The van der Waals surface area contributed by atoms with Crippen LogP contribution in [0.2, 0.25) is 10.0 Å². The smallest absolute Gasteiger partial charge is 0.377 e. The van der Waals surface area contributed by atoms with Crippen LogP contribution in [0.1, 0.15) is 10.4 Å². The highest BCUT2D eigenvalue weighted by Crippen LogP contribution is 2.30. The first-order valence-corrected chi connectivity index (χ1v) is 6.23. The minimum absolute atomic E-state index is 0.00837. The minimum atomic E-state index is -1.53. The number of hydrogen-bond acceptors (Lipinski definition) is 3. The van der Waals surface area contributed by atoms with E-state index in [0.29, 0.717) is 16.5 Å². The number of halogens is 2. The van der Waals surface area contributed by atoms with Gasteiger partial charge in [-0.05, 0) is 42.5 Å². The molecule has 0 heterocycles. The molecule has 2 aromatic carbocycles. The van der Waals surface area contributed by atoms with E-state index in [1.54, 1.807) is 24.3 Å². The van der Waals surface area contributed by atoms with Gasteiger partial charge in [-0.15, -0.1) is 0 Å². The summed E-state index contributed by atoms with van der Waals surface area (Å²) in [5, 5.41) is 9.34. The highest BCUT2D eigenvalue weighted by molar-refractivity contribution is 6.40. The molecule has 0 amide bonds. The molecule has 2 rings (SSSR count). The zero-order valence-corrected chi connectivity index (χ0v) is 11.5. The fourth-order valence-electron chi connectivity index (χ4n) is 1.48. The number of Topliss-reactive ketones (excluding diaryl/α,β-unsaturated/α-hetero) is 1. The number of ketones is 1. The second-order valence-electron chi connectivity index (χ2n) is 3.84. The van der Waals surface area contributed by atoms with E-state index in [0.717, 1.165) is 0 Å². The van der Waals surface area contributed by atoms with Gasteiger partial charge in [0.25, 0.3) is 5.78 Å². The number of carbonyl (C=O) groups excluding carboxylic acids is 1. The molecule has 0 fully saturated rings. The molecule has 0 aromatic heterocycles. The molecule has 4 nitrogen and oxygen atoms in total. The summed E-state index contributed by atoms with van der Waals surface area (Å²) in [5.41, 5.74) is -0.00837. The molecule has 0 atom stereocenters. The van der Waals surface area contributed by atoms with Crippen LogP contribution in [0.3, 0.4) is 0 Å². The Morgan fingerprint density at radius 2 is 1.65 bits per heavy atom. The maximum Gasteiger partial charge on any atom is 0.377 e. The van der Waals surface area contributed by atoms with Crippen molar-refractivity contribution in [2.45, 2.75) is 0 Å². The van der Waals surface area contributed by atoms with Crippen molar-refractivity contribution in [1.82, 2.24) is 0 Å². The first kappa shape index (κ1) is 14.4. The third kappa shape index (κ3) is 3.29. The summed E-state index contributed by atoms with van der Waals surface area (Å²) in [7, 11) is 0. The van der Waals surface area contributed by atoms with Gasteiger partial charge in [0, 0.05) is 10.6 Å². The zero-order chi connectivity index (χ0) is 14.7. The van der Waals surface area contributed by atoms with Gasteiger partial charge in [0.15, 0.2) is 0 Å². The first-order chi connectivity index (χ1) is 9.47. The number of hydrogen-bond donors (Lipinski definition) is 1. The summed E-state index contributed by atoms with van der Waals surface area (Å²) >= 11 is 11.7. The van der Waals surface area contributed by atoms with E-state index in [1.807, 2.05) is 0 Å². The second-order valence-corrected chi connectivity index (χ2v) is 4.68. The van der Waals surface area contributed by atoms with Crippen LogP contribution in [-0.2, 0) is 4.79 Å². The van der Waals surface area contributed by atoms with E-state index in [9.17, 15) is 9.59 Å². The lowest BCUT2D eigenvalue weighted by Gasteiger charge is -2.08. The summed E-state index contributed by atoms with van der Waals surface area (Å²) in [5.74, 6) is -1.72. The molecule has 0 saturated heterocycles. The number of carbonyl (C=O) groups is 2. The van der Waals surface area contributed by atoms with Crippen molar-refractivity contribution >= 4 is 35.0 Å². The van der Waals surface area contributed by atoms with Crippen LogP contribution in [0.5, 0.6) is 11.5 Å². The summed E-state index contributed by atoms with van der Waals surface area (Å²) in [6.07, 6.45) is 0. The van der Waals surface area contributed by atoms with Crippen LogP contribution >= 0.6 is 23.2 Å². The Morgan fingerprint density at radius 1 is 1.00 bits per heavy atom. The van der Waals surface area contributed by atoms with Gasteiger partial charge < -0.3 is 9.84 Å². The Balaban J connectivity index is 2.24. The third-order valence-electron chi connectivity index (χ3n) is 2.43. The van der Waals surface area contributed by atoms with E-state index in [1.165, 1.54) is 18.2 Å². The summed E-state index contributed by atoms with van der Waals surface area (Å²) < 4.78 is 5.51. The molecule has 20 heavy (non-hydrogen) atoms. The lowest BCUT2D eigenvalue weighted by molar-refractivity contribution is -0.131. The van der Waals surface area contributed by atoms with E-state index in [4.69, 9.17) is 33.0 Å². The quantitative estimate of drug-likeness (QED) is 0.683. The van der Waals surface area contributed by atoms with Crippen molar-refractivity contribution in [3.63, 3.8) is 0 Å². The Labute approximate surface area is 124 Å². The molecule has 6 heteroatoms. The lowest BCUT2D eigenvalue weighted by Crippen LogP contribution is -2.12. The number of rotatable bonds is 4. The maximum atomic E-state index is 11.3. The average molecular weight is 311 g/mol. The predicted molar refractivity (Wildman–Crippen MR) is 74.9 cm³/mol. The fourth-order valence-corrected chi connectivity index (χ4v) is 1.82. The van der Waals surface area contributed by atoms with Crippen molar-refractivity contribution in [2.24, 2.45) is 0 Å². The van der Waals surface area contributed by atoms with Gasteiger partial charge in [-0.3, -0.25) is 4.79 Å². The monoisotopic (exact) mass is 310 g/mol. The van der Waals surface area contributed by atoms with Crippen molar-refractivity contribution in [2.75, 3.05) is 0 Å². The predicted octanol–water partition coefficient (Wildman–Crippen LogP) is 4.05. The first-order valence-electron chi connectivity index (χ1n) is 5.48. The van der Waals surface area contributed by atoms with E-state index < -0.39 is 11.8 Å². The SMILES string of the molecule is O=C(O)C(=O)c1ccc(Oc2ccc(Cl)cc2)c(Cl)c1. The topological polar surface area (TPSA) is 63.6 Å². The molecule has 0 saturated carbocycles. The molecule has 0 aliphatic rings. The number of benzene rings is 2. The molecule has 2 aromatic rings. The van der Waals surface area contributed by atoms with Crippen LogP contribution in [0, 0.1) is 0 Å². The van der Waals surface area contributed by atoms with Crippen molar-refractivity contribution in [3.8, 4) is 11.5 Å². The van der Waals surface area contributed by atoms with Crippen LogP contribution in [0.25, 0.3) is 0 Å². The second kappa shape index (κ2) is 5.94. The molecule has 0 radical (unpaired) electrons. The molecule has 0 bridgehead atoms. The number of carboxylic acid groups (broad SMARTS) is 1. The Morgan fingerprint density at radius 3 is 2.20 bits per heavy atom. The summed E-state index contributed by atoms with van der Waals surface area (Å²) in [6.45, 7) is 0. The van der Waals surface area contributed by atoms with Gasteiger partial charge >= 0.3 is 5.97 Å². The van der Waals surface area contributed by atoms with Crippen LogP contribution in [0.15, 0.2) is 42.5 Å². The van der Waals surface area contributed by atoms with Gasteiger partial charge in [0.05, 0.1) is 5.02 Å². The zero-order valence-electron chi connectivity index (χ0n) is 9.97. The largest absolute Gasteiger partial charge is 0.475 e. The van der Waals surface area contributed by atoms with Gasteiger partial charge in [0.2, 0.25) is 0 Å². The Bertz CT molecular complexity index is 665. The molecular formula is C14H8Cl2O4. The number of ether oxygens (including phenoxy) is 1. The molecule has 0 aliphatic carbocycles. The van der Waals surface area contributed by atoms with Crippen LogP contribution < -0.4 is 4.74 Å².